The molecule has 5 rings (SSSR count). The van der Waals surface area contributed by atoms with Crippen molar-refractivity contribution in [2.24, 2.45) is 7.05 Å². The smallest absolute Gasteiger partial charge is 0.383 e. The number of alkyl halides is 5. The highest BCUT2D eigenvalue weighted by atomic mass is 19.4. The summed E-state index contributed by atoms with van der Waals surface area (Å²) >= 11 is 0. The quantitative estimate of drug-likeness (QED) is 0.363. The first-order chi connectivity index (χ1) is 17.7. The molecule has 1 unspecified atom stereocenters. The summed E-state index contributed by atoms with van der Waals surface area (Å²) in [4.78, 5) is 30.1. The van der Waals surface area contributed by atoms with Gasteiger partial charge in [0.25, 0.3) is 0 Å². The number of carbonyl (C=O) groups is 1. The van der Waals surface area contributed by atoms with E-state index in [2.05, 4.69) is 25.3 Å². The Morgan fingerprint density at radius 2 is 1.71 bits per heavy atom. The molecule has 0 bridgehead atoms. The monoisotopic (exact) mass is 535 g/mol. The minimum atomic E-state index is -5.71. The maximum absolute atomic E-state index is 13.6. The Kier molecular flexibility index (Phi) is 5.62. The van der Waals surface area contributed by atoms with Gasteiger partial charge in [0.15, 0.2) is 5.82 Å². The SMILES string of the molecule is Cn1ccc2c(-c3nc(N)c4c(n3)NC(=O)C4(C)c3ccc(F)cc3)nc(CCC(F)(F)C(F)(F)F)nc21. The number of aromatic nitrogens is 5. The van der Waals surface area contributed by atoms with Crippen molar-refractivity contribution in [1.29, 1.82) is 0 Å². The van der Waals surface area contributed by atoms with E-state index in [9.17, 15) is 31.1 Å². The maximum Gasteiger partial charge on any atom is 0.453 e. The van der Waals surface area contributed by atoms with E-state index < -0.39 is 42.1 Å². The van der Waals surface area contributed by atoms with Gasteiger partial charge in [-0.2, -0.15) is 22.0 Å². The Morgan fingerprint density at radius 3 is 2.37 bits per heavy atom. The van der Waals surface area contributed by atoms with Gasteiger partial charge < -0.3 is 15.6 Å². The Balaban J connectivity index is 1.61. The van der Waals surface area contributed by atoms with Gasteiger partial charge in [-0.25, -0.2) is 24.3 Å². The molecule has 4 aromatic rings. The zero-order valence-corrected chi connectivity index (χ0v) is 19.9. The molecule has 38 heavy (non-hydrogen) atoms. The standard InChI is InChI=1S/C24H19F6N7O/c1-22(11-3-5-12(25)6-4-11)15-17(31)34-19(35-18(15)36-21(22)38)16-13-8-10-37(2)20(13)33-14(32-16)7-9-23(26,27)24(28,29)30/h3-6,8,10H,7,9H2,1-2H3,(H3,31,34,35,36,38). The minimum absolute atomic E-state index is 0.0417. The molecule has 4 heterocycles. The molecule has 1 amide bonds. The van der Waals surface area contributed by atoms with Crippen molar-refractivity contribution in [1.82, 2.24) is 24.5 Å². The second-order valence-electron chi connectivity index (χ2n) is 9.10. The first-order valence-corrected chi connectivity index (χ1v) is 11.2. The lowest BCUT2D eigenvalue weighted by atomic mass is 9.78. The fraction of sp³-hybridized carbons (Fsp3) is 0.292. The lowest BCUT2D eigenvalue weighted by Crippen LogP contribution is -2.36. The molecule has 1 aliphatic rings. The summed E-state index contributed by atoms with van der Waals surface area (Å²) in [5.74, 6) is -6.30. The number of rotatable bonds is 5. The summed E-state index contributed by atoms with van der Waals surface area (Å²) in [6.07, 6.45) is -6.44. The van der Waals surface area contributed by atoms with Crippen molar-refractivity contribution < 1.29 is 31.1 Å². The van der Waals surface area contributed by atoms with Crippen molar-refractivity contribution in [3.8, 4) is 11.5 Å². The molecule has 3 N–H and O–H groups in total. The van der Waals surface area contributed by atoms with Crippen LogP contribution in [0.1, 0.15) is 30.3 Å². The predicted molar refractivity (Wildman–Crippen MR) is 125 cm³/mol. The normalized spacial score (nSPS) is 17.6. The fourth-order valence-electron chi connectivity index (χ4n) is 4.45. The first-order valence-electron chi connectivity index (χ1n) is 11.2. The summed E-state index contributed by atoms with van der Waals surface area (Å²) in [5.41, 5.74) is 5.93. The largest absolute Gasteiger partial charge is 0.453 e. The highest BCUT2D eigenvalue weighted by Crippen LogP contribution is 2.45. The summed E-state index contributed by atoms with van der Waals surface area (Å²) in [7, 11) is 1.61. The van der Waals surface area contributed by atoms with Crippen LogP contribution in [0.5, 0.6) is 0 Å². The van der Waals surface area contributed by atoms with Crippen molar-refractivity contribution in [2.45, 2.75) is 37.3 Å². The van der Waals surface area contributed by atoms with Crippen LogP contribution < -0.4 is 11.1 Å². The van der Waals surface area contributed by atoms with Gasteiger partial charge in [-0.1, -0.05) is 12.1 Å². The fourth-order valence-corrected chi connectivity index (χ4v) is 4.45. The topological polar surface area (TPSA) is 112 Å². The average molecular weight is 535 g/mol. The van der Waals surface area contributed by atoms with Gasteiger partial charge in [0, 0.05) is 31.5 Å². The molecule has 0 saturated carbocycles. The van der Waals surface area contributed by atoms with Gasteiger partial charge >= 0.3 is 12.1 Å². The summed E-state index contributed by atoms with van der Waals surface area (Å²) in [5, 5.41) is 3.04. The molecule has 0 spiro atoms. The van der Waals surface area contributed by atoms with Crippen molar-refractivity contribution in [2.75, 3.05) is 11.1 Å². The number of nitrogen functional groups attached to an aromatic ring is 1. The highest BCUT2D eigenvalue weighted by molar-refractivity contribution is 6.09. The Hall–Kier alpha value is -4.23. The molecule has 0 radical (unpaired) electrons. The maximum atomic E-state index is 13.6. The number of nitrogens with one attached hydrogen (secondary N) is 1. The summed E-state index contributed by atoms with van der Waals surface area (Å²) < 4.78 is 80.2. The van der Waals surface area contributed by atoms with Gasteiger partial charge in [-0.05, 0) is 30.7 Å². The summed E-state index contributed by atoms with van der Waals surface area (Å²) in [6.45, 7) is 1.58. The van der Waals surface area contributed by atoms with Crippen LogP contribution in [0.2, 0.25) is 0 Å². The zero-order chi connectivity index (χ0) is 27.6. The number of amides is 1. The minimum Gasteiger partial charge on any atom is -0.383 e. The van der Waals surface area contributed by atoms with E-state index in [0.29, 0.717) is 10.9 Å². The van der Waals surface area contributed by atoms with Crippen LogP contribution >= 0.6 is 0 Å². The van der Waals surface area contributed by atoms with Gasteiger partial charge in [0.2, 0.25) is 5.91 Å². The molecule has 1 aliphatic heterocycles. The second kappa shape index (κ2) is 8.39. The molecule has 0 fully saturated rings. The number of hydrogen-bond acceptors (Lipinski definition) is 6. The Morgan fingerprint density at radius 1 is 1.03 bits per heavy atom. The highest BCUT2D eigenvalue weighted by Gasteiger charge is 2.56. The van der Waals surface area contributed by atoms with Crippen LogP contribution in [0, 0.1) is 5.82 Å². The third kappa shape index (κ3) is 3.90. The van der Waals surface area contributed by atoms with Crippen LogP contribution in [0.4, 0.5) is 38.0 Å². The number of anilines is 2. The molecule has 3 aromatic heterocycles. The van der Waals surface area contributed by atoms with E-state index in [1.165, 1.54) is 28.8 Å². The third-order valence-electron chi connectivity index (χ3n) is 6.60. The van der Waals surface area contributed by atoms with Crippen molar-refractivity contribution >= 4 is 28.6 Å². The van der Waals surface area contributed by atoms with E-state index in [1.807, 2.05) is 0 Å². The number of benzene rings is 1. The van der Waals surface area contributed by atoms with Crippen LogP contribution in [0.15, 0.2) is 36.5 Å². The zero-order valence-electron chi connectivity index (χ0n) is 19.9. The molecule has 8 nitrogen and oxygen atoms in total. The third-order valence-corrected chi connectivity index (χ3v) is 6.60. The molecule has 14 heteroatoms. The van der Waals surface area contributed by atoms with E-state index in [1.54, 1.807) is 26.2 Å². The van der Waals surface area contributed by atoms with E-state index >= 15 is 0 Å². The van der Waals surface area contributed by atoms with Crippen LogP contribution in [-0.4, -0.2) is 42.5 Å². The van der Waals surface area contributed by atoms with E-state index in [0.717, 1.165) is 0 Å². The summed E-state index contributed by atoms with van der Waals surface area (Å²) in [6, 6.07) is 6.89. The molecule has 1 aromatic carbocycles. The van der Waals surface area contributed by atoms with Gasteiger partial charge in [-0.3, -0.25) is 4.79 Å². The number of nitrogens with two attached hydrogens (primary N) is 1. The number of nitrogens with zero attached hydrogens (tertiary/aromatic N) is 5. The van der Waals surface area contributed by atoms with Crippen molar-refractivity contribution in [3.05, 3.63) is 59.3 Å². The van der Waals surface area contributed by atoms with E-state index in [-0.39, 0.29) is 40.2 Å². The van der Waals surface area contributed by atoms with E-state index in [4.69, 9.17) is 5.73 Å². The molecule has 0 aliphatic carbocycles. The van der Waals surface area contributed by atoms with Gasteiger partial charge in [-0.15, -0.1) is 0 Å². The number of aryl methyl sites for hydroxylation is 2. The van der Waals surface area contributed by atoms with Gasteiger partial charge in [0.05, 0.1) is 5.56 Å². The molecule has 198 valence electrons. The molecular formula is C24H19F6N7O. The van der Waals surface area contributed by atoms with Crippen molar-refractivity contribution in [3.63, 3.8) is 0 Å². The number of hydrogen-bond donors (Lipinski definition) is 2. The van der Waals surface area contributed by atoms with Gasteiger partial charge in [0.1, 0.15) is 40.0 Å². The molecule has 0 saturated heterocycles. The molecular weight excluding hydrogens is 516 g/mol. The number of halogens is 6. The first kappa shape index (κ1) is 25.4. The average Bonchev–Trinajstić information content (AvgIpc) is 3.34. The van der Waals surface area contributed by atoms with Crippen LogP contribution in [0.25, 0.3) is 22.6 Å². The molecule has 1 atom stereocenters. The number of carbonyl (C=O) groups excluding carboxylic acids is 1. The lowest BCUT2D eigenvalue weighted by molar-refractivity contribution is -0.284. The Labute approximate surface area is 210 Å². The second-order valence-corrected chi connectivity index (χ2v) is 9.10. The van der Waals surface area contributed by atoms with Crippen LogP contribution in [0.3, 0.4) is 0 Å². The van der Waals surface area contributed by atoms with Crippen LogP contribution in [-0.2, 0) is 23.7 Å². The Bertz CT molecular complexity index is 1580. The predicted octanol–water partition coefficient (Wildman–Crippen LogP) is 4.53. The number of fused-ring (bicyclic) bond motifs is 2. The lowest BCUT2D eigenvalue weighted by Gasteiger charge is -2.23.